The van der Waals surface area contributed by atoms with E-state index in [4.69, 9.17) is 5.73 Å². The molecular weight excluding hydrogens is 316 g/mol. The summed E-state index contributed by atoms with van der Waals surface area (Å²) in [5, 5.41) is 3.40. The van der Waals surface area contributed by atoms with Gasteiger partial charge in [0.2, 0.25) is 5.91 Å². The first kappa shape index (κ1) is 14.8. The van der Waals surface area contributed by atoms with Crippen molar-refractivity contribution in [3.63, 3.8) is 0 Å². The monoisotopic (exact) mass is 332 g/mol. The maximum absolute atomic E-state index is 11.1. The predicted molar refractivity (Wildman–Crippen MR) is 84.4 cm³/mol. The van der Waals surface area contributed by atoms with Crippen LogP contribution >= 0.6 is 15.9 Å². The van der Waals surface area contributed by atoms with Gasteiger partial charge in [-0.2, -0.15) is 0 Å². The number of nitrogens with one attached hydrogen (secondary N) is 1. The fourth-order valence-corrected chi connectivity index (χ4v) is 2.26. The van der Waals surface area contributed by atoms with Crippen LogP contribution in [-0.4, -0.2) is 5.91 Å². The highest BCUT2D eigenvalue weighted by Crippen LogP contribution is 2.12. The van der Waals surface area contributed by atoms with Crippen LogP contribution in [0.15, 0.2) is 46.9 Å². The maximum atomic E-state index is 11.1. The minimum atomic E-state index is -0.387. The summed E-state index contributed by atoms with van der Waals surface area (Å²) < 4.78 is 1.08. The van der Waals surface area contributed by atoms with Gasteiger partial charge < -0.3 is 11.1 Å². The van der Waals surface area contributed by atoms with Crippen molar-refractivity contribution in [2.45, 2.75) is 20.0 Å². The van der Waals surface area contributed by atoms with Gasteiger partial charge in [0.1, 0.15) is 0 Å². The molecule has 0 aromatic heterocycles. The molecule has 3 N–H and O–H groups in total. The van der Waals surface area contributed by atoms with Crippen molar-refractivity contribution >= 4 is 21.8 Å². The van der Waals surface area contributed by atoms with Crippen LogP contribution in [0.3, 0.4) is 0 Å². The number of halogens is 1. The molecular formula is C16H17BrN2O. The van der Waals surface area contributed by atoms with E-state index in [1.165, 1.54) is 11.1 Å². The van der Waals surface area contributed by atoms with Crippen LogP contribution in [0.5, 0.6) is 0 Å². The molecule has 0 aliphatic heterocycles. The first-order valence-electron chi connectivity index (χ1n) is 6.41. The van der Waals surface area contributed by atoms with E-state index >= 15 is 0 Å². The summed E-state index contributed by atoms with van der Waals surface area (Å²) in [5.41, 5.74) is 9.30. The van der Waals surface area contributed by atoms with Crippen LogP contribution in [-0.2, 0) is 13.1 Å². The predicted octanol–water partition coefficient (Wildman–Crippen LogP) is 3.15. The highest BCUT2D eigenvalue weighted by molar-refractivity contribution is 9.10. The molecule has 0 unspecified atom stereocenters. The van der Waals surface area contributed by atoms with E-state index in [0.29, 0.717) is 5.56 Å². The van der Waals surface area contributed by atoms with Gasteiger partial charge in [-0.05, 0) is 47.9 Å². The Labute approximate surface area is 127 Å². The lowest BCUT2D eigenvalue weighted by Gasteiger charge is -2.09. The molecule has 3 nitrogen and oxygen atoms in total. The van der Waals surface area contributed by atoms with Gasteiger partial charge in [-0.15, -0.1) is 0 Å². The summed E-state index contributed by atoms with van der Waals surface area (Å²) in [6.07, 6.45) is 0. The maximum Gasteiger partial charge on any atom is 0.248 e. The van der Waals surface area contributed by atoms with Gasteiger partial charge in [-0.25, -0.2) is 0 Å². The molecule has 0 saturated carbocycles. The summed E-state index contributed by atoms with van der Waals surface area (Å²) in [6.45, 7) is 3.56. The summed E-state index contributed by atoms with van der Waals surface area (Å²) in [5.74, 6) is -0.387. The molecule has 1 amide bonds. The van der Waals surface area contributed by atoms with Gasteiger partial charge in [0.05, 0.1) is 0 Å². The number of rotatable bonds is 5. The number of nitrogens with two attached hydrogens (primary N) is 1. The Kier molecular flexibility index (Phi) is 4.93. The second-order valence-electron chi connectivity index (χ2n) is 4.74. The molecule has 0 bridgehead atoms. The molecule has 0 atom stereocenters. The van der Waals surface area contributed by atoms with Crippen LogP contribution in [0.1, 0.15) is 27.0 Å². The number of hydrogen-bond donors (Lipinski definition) is 2. The quantitative estimate of drug-likeness (QED) is 0.883. The molecule has 0 heterocycles. The van der Waals surface area contributed by atoms with E-state index in [-0.39, 0.29) is 5.91 Å². The molecule has 4 heteroatoms. The standard InChI is InChI=1S/C16H17BrN2O/c1-11-8-13(16(18)20)4-5-14(11)10-19-9-12-2-6-15(17)7-3-12/h2-8,19H,9-10H2,1H3,(H2,18,20). The van der Waals surface area contributed by atoms with Crippen LogP contribution in [0.25, 0.3) is 0 Å². The van der Waals surface area contributed by atoms with Crippen molar-refractivity contribution < 1.29 is 4.79 Å². The van der Waals surface area contributed by atoms with Crippen molar-refractivity contribution in [1.82, 2.24) is 5.32 Å². The third-order valence-electron chi connectivity index (χ3n) is 3.18. The van der Waals surface area contributed by atoms with Gasteiger partial charge in [-0.3, -0.25) is 4.79 Å². The van der Waals surface area contributed by atoms with Gasteiger partial charge in [-0.1, -0.05) is 34.1 Å². The number of benzene rings is 2. The van der Waals surface area contributed by atoms with Crippen LogP contribution in [0.2, 0.25) is 0 Å². The van der Waals surface area contributed by atoms with E-state index in [1.807, 2.05) is 31.2 Å². The van der Waals surface area contributed by atoms with E-state index in [1.54, 1.807) is 6.07 Å². The lowest BCUT2D eigenvalue weighted by Crippen LogP contribution is -2.15. The van der Waals surface area contributed by atoms with Crippen molar-refractivity contribution in [2.75, 3.05) is 0 Å². The summed E-state index contributed by atoms with van der Waals surface area (Å²) in [7, 11) is 0. The van der Waals surface area contributed by atoms with E-state index in [9.17, 15) is 4.79 Å². The second-order valence-corrected chi connectivity index (χ2v) is 5.65. The zero-order valence-corrected chi connectivity index (χ0v) is 12.9. The van der Waals surface area contributed by atoms with Crippen LogP contribution < -0.4 is 11.1 Å². The molecule has 2 aromatic carbocycles. The molecule has 0 saturated heterocycles. The van der Waals surface area contributed by atoms with E-state index in [2.05, 4.69) is 33.4 Å². The topological polar surface area (TPSA) is 55.1 Å². The highest BCUT2D eigenvalue weighted by Gasteiger charge is 2.04. The zero-order valence-electron chi connectivity index (χ0n) is 11.3. The Morgan fingerprint density at radius 1 is 1.15 bits per heavy atom. The fraction of sp³-hybridized carbons (Fsp3) is 0.188. The number of hydrogen-bond acceptors (Lipinski definition) is 2. The first-order valence-corrected chi connectivity index (χ1v) is 7.20. The van der Waals surface area contributed by atoms with Gasteiger partial charge >= 0.3 is 0 Å². The van der Waals surface area contributed by atoms with Crippen molar-refractivity contribution in [2.24, 2.45) is 5.73 Å². The Balaban J connectivity index is 1.94. The molecule has 0 spiro atoms. The molecule has 20 heavy (non-hydrogen) atoms. The van der Waals surface area contributed by atoms with E-state index in [0.717, 1.165) is 23.1 Å². The number of primary amides is 1. The summed E-state index contributed by atoms with van der Waals surface area (Å²) >= 11 is 3.42. The number of aryl methyl sites for hydroxylation is 1. The SMILES string of the molecule is Cc1cc(C(N)=O)ccc1CNCc1ccc(Br)cc1. The fourth-order valence-electron chi connectivity index (χ4n) is 1.99. The lowest BCUT2D eigenvalue weighted by atomic mass is 10.0. The molecule has 0 aliphatic rings. The van der Waals surface area contributed by atoms with Crippen molar-refractivity contribution in [3.05, 3.63) is 69.2 Å². The second kappa shape index (κ2) is 6.68. The smallest absolute Gasteiger partial charge is 0.248 e. The Bertz CT molecular complexity index is 608. The van der Waals surface area contributed by atoms with Crippen LogP contribution in [0.4, 0.5) is 0 Å². The Hall–Kier alpha value is -1.65. The van der Waals surface area contributed by atoms with Crippen molar-refractivity contribution in [1.29, 1.82) is 0 Å². The molecule has 104 valence electrons. The molecule has 2 aromatic rings. The average molecular weight is 333 g/mol. The largest absolute Gasteiger partial charge is 0.366 e. The third-order valence-corrected chi connectivity index (χ3v) is 3.71. The first-order chi connectivity index (χ1) is 9.56. The van der Waals surface area contributed by atoms with Gasteiger partial charge in [0.25, 0.3) is 0 Å². The number of amides is 1. The summed E-state index contributed by atoms with van der Waals surface area (Å²) in [4.78, 5) is 11.1. The molecule has 0 aliphatic carbocycles. The van der Waals surface area contributed by atoms with Crippen LogP contribution in [0, 0.1) is 6.92 Å². The molecule has 2 rings (SSSR count). The summed E-state index contributed by atoms with van der Waals surface area (Å²) in [6, 6.07) is 13.8. The zero-order chi connectivity index (χ0) is 14.5. The number of carbonyl (C=O) groups excluding carboxylic acids is 1. The Morgan fingerprint density at radius 2 is 1.85 bits per heavy atom. The Morgan fingerprint density at radius 3 is 2.45 bits per heavy atom. The minimum Gasteiger partial charge on any atom is -0.366 e. The highest BCUT2D eigenvalue weighted by atomic mass is 79.9. The normalized spacial score (nSPS) is 10.5. The number of carbonyl (C=O) groups is 1. The average Bonchev–Trinajstić information content (AvgIpc) is 2.42. The van der Waals surface area contributed by atoms with Gasteiger partial charge in [0.15, 0.2) is 0 Å². The van der Waals surface area contributed by atoms with Gasteiger partial charge in [0, 0.05) is 23.1 Å². The third kappa shape index (κ3) is 3.92. The molecule has 0 fully saturated rings. The lowest BCUT2D eigenvalue weighted by molar-refractivity contribution is 0.1000. The molecule has 0 radical (unpaired) electrons. The van der Waals surface area contributed by atoms with Crippen molar-refractivity contribution in [3.8, 4) is 0 Å². The minimum absolute atomic E-state index is 0.387. The van der Waals surface area contributed by atoms with E-state index < -0.39 is 0 Å².